The van der Waals surface area contributed by atoms with Gasteiger partial charge in [0.1, 0.15) is 17.2 Å². The molecule has 3 nitrogen and oxygen atoms in total. The Bertz CT molecular complexity index is 1030. The number of hydrogen-bond acceptors (Lipinski definition) is 3. The fourth-order valence-electron chi connectivity index (χ4n) is 4.08. The van der Waals surface area contributed by atoms with Crippen molar-refractivity contribution >= 4 is 18.0 Å². The molecule has 0 saturated carbocycles. The summed E-state index contributed by atoms with van der Waals surface area (Å²) < 4.78 is 6.07. The van der Waals surface area contributed by atoms with E-state index in [4.69, 9.17) is 4.74 Å². The summed E-state index contributed by atoms with van der Waals surface area (Å²) in [7, 11) is 4.21. The van der Waals surface area contributed by atoms with Crippen LogP contribution < -0.4 is 4.74 Å². The van der Waals surface area contributed by atoms with Gasteiger partial charge in [-0.3, -0.25) is 0 Å². The van der Waals surface area contributed by atoms with E-state index in [1.54, 1.807) is 6.07 Å². The average molecular weight is 422 g/mol. The second kappa shape index (κ2) is 9.84. The van der Waals surface area contributed by atoms with Gasteiger partial charge in [-0.15, -0.1) is 12.4 Å². The van der Waals surface area contributed by atoms with Crippen LogP contribution in [0.4, 0.5) is 0 Å². The van der Waals surface area contributed by atoms with E-state index in [9.17, 15) is 5.11 Å². The predicted octanol–water partition coefficient (Wildman–Crippen LogP) is 6.31. The third-order valence-electron chi connectivity index (χ3n) is 5.25. The minimum atomic E-state index is 0. The van der Waals surface area contributed by atoms with Crippen LogP contribution in [0, 0.1) is 0 Å². The molecule has 3 aromatic rings. The van der Waals surface area contributed by atoms with Crippen LogP contribution in [0.25, 0.3) is 5.57 Å². The Kier molecular flexibility index (Phi) is 7.20. The summed E-state index contributed by atoms with van der Waals surface area (Å²) >= 11 is 0. The van der Waals surface area contributed by atoms with Crippen molar-refractivity contribution in [3.63, 3.8) is 0 Å². The first kappa shape index (κ1) is 21.9. The number of ether oxygens (including phenoxy) is 1. The lowest BCUT2D eigenvalue weighted by Crippen LogP contribution is -2.16. The fourth-order valence-corrected chi connectivity index (χ4v) is 4.08. The number of hydrogen-bond donors (Lipinski definition) is 1. The highest BCUT2D eigenvalue weighted by atomic mass is 35.5. The van der Waals surface area contributed by atoms with Crippen LogP contribution in [-0.2, 0) is 6.42 Å². The monoisotopic (exact) mass is 421 g/mol. The van der Waals surface area contributed by atoms with Gasteiger partial charge < -0.3 is 14.7 Å². The van der Waals surface area contributed by atoms with Gasteiger partial charge in [-0.2, -0.15) is 0 Å². The lowest BCUT2D eigenvalue weighted by Gasteiger charge is -2.19. The number of fused-ring (bicyclic) bond motifs is 1. The van der Waals surface area contributed by atoms with Gasteiger partial charge in [0.05, 0.1) is 0 Å². The Morgan fingerprint density at radius 2 is 1.67 bits per heavy atom. The van der Waals surface area contributed by atoms with Gasteiger partial charge in [0, 0.05) is 6.54 Å². The van der Waals surface area contributed by atoms with Crippen molar-refractivity contribution in [2.75, 3.05) is 20.6 Å². The molecule has 0 amide bonds. The first-order chi connectivity index (χ1) is 14.1. The molecular weight excluding hydrogens is 394 g/mol. The average Bonchev–Trinajstić information content (AvgIpc) is 2.87. The highest BCUT2D eigenvalue weighted by molar-refractivity contribution is 5.85. The summed E-state index contributed by atoms with van der Waals surface area (Å²) in [5, 5.41) is 10.1. The standard InChI is InChI=1S/C26H27NO2.ClH/c1-27(2)18-21-10-6-8-19-17-24(29-23-12-4-3-5-13-23)14-15-25(19)26(21)20-9-7-11-22(28)16-20;/h3-5,7,9,11-17,28H,6,8,10,18H2,1-2H3;1H. The maximum Gasteiger partial charge on any atom is 0.127 e. The van der Waals surface area contributed by atoms with E-state index < -0.39 is 0 Å². The zero-order valence-corrected chi connectivity index (χ0v) is 18.3. The van der Waals surface area contributed by atoms with Gasteiger partial charge in [-0.25, -0.2) is 0 Å². The van der Waals surface area contributed by atoms with Crippen molar-refractivity contribution in [3.8, 4) is 17.2 Å². The van der Waals surface area contributed by atoms with Gasteiger partial charge in [0.15, 0.2) is 0 Å². The van der Waals surface area contributed by atoms with Gasteiger partial charge >= 0.3 is 0 Å². The number of nitrogens with zero attached hydrogens (tertiary/aromatic N) is 1. The van der Waals surface area contributed by atoms with Crippen molar-refractivity contribution in [3.05, 3.63) is 95.1 Å². The number of benzene rings is 3. The van der Waals surface area contributed by atoms with Crippen LogP contribution in [0.3, 0.4) is 0 Å². The number of likely N-dealkylation sites (N-methyl/N-ethyl adjacent to an activating group) is 1. The maximum atomic E-state index is 10.1. The maximum absolute atomic E-state index is 10.1. The first-order valence-electron chi connectivity index (χ1n) is 10.1. The Morgan fingerprint density at radius 1 is 0.867 bits per heavy atom. The van der Waals surface area contributed by atoms with Crippen LogP contribution in [0.2, 0.25) is 0 Å². The normalized spacial score (nSPS) is 13.4. The molecular formula is C26H28ClNO2. The summed E-state index contributed by atoms with van der Waals surface area (Å²) in [6.45, 7) is 0.909. The van der Waals surface area contributed by atoms with Crippen LogP contribution in [0.5, 0.6) is 17.2 Å². The number of halogens is 1. The highest BCUT2D eigenvalue weighted by Gasteiger charge is 2.20. The molecule has 0 fully saturated rings. The van der Waals surface area contributed by atoms with E-state index >= 15 is 0 Å². The molecule has 1 aliphatic rings. The summed E-state index contributed by atoms with van der Waals surface area (Å²) in [6.07, 6.45) is 3.17. The number of rotatable bonds is 5. The van der Waals surface area contributed by atoms with E-state index in [1.165, 1.54) is 22.3 Å². The topological polar surface area (TPSA) is 32.7 Å². The van der Waals surface area contributed by atoms with E-state index in [-0.39, 0.29) is 12.4 Å². The molecule has 0 radical (unpaired) electrons. The summed E-state index contributed by atoms with van der Waals surface area (Å²) in [5.41, 5.74) is 6.27. The molecule has 1 N–H and O–H groups in total. The van der Waals surface area contributed by atoms with E-state index in [2.05, 4.69) is 37.2 Å². The Hall–Kier alpha value is -2.75. The number of aryl methyl sites for hydroxylation is 1. The number of phenols is 1. The van der Waals surface area contributed by atoms with Crippen molar-refractivity contribution in [2.45, 2.75) is 19.3 Å². The second-order valence-corrected chi connectivity index (χ2v) is 7.85. The van der Waals surface area contributed by atoms with Gasteiger partial charge in [0.25, 0.3) is 0 Å². The molecule has 0 aliphatic heterocycles. The largest absolute Gasteiger partial charge is 0.508 e. The summed E-state index contributed by atoms with van der Waals surface area (Å²) in [5.74, 6) is 2.01. The Balaban J connectivity index is 0.00000256. The molecule has 3 aromatic carbocycles. The van der Waals surface area contributed by atoms with Crippen molar-refractivity contribution in [1.82, 2.24) is 4.90 Å². The molecule has 0 heterocycles. The first-order valence-corrected chi connectivity index (χ1v) is 10.1. The van der Waals surface area contributed by atoms with Crippen LogP contribution in [0.1, 0.15) is 29.5 Å². The van der Waals surface area contributed by atoms with Crippen molar-refractivity contribution in [1.29, 1.82) is 0 Å². The lowest BCUT2D eigenvalue weighted by molar-refractivity contribution is 0.439. The quantitative estimate of drug-likeness (QED) is 0.524. The molecule has 0 spiro atoms. The van der Waals surface area contributed by atoms with Crippen LogP contribution in [0.15, 0.2) is 78.4 Å². The van der Waals surface area contributed by atoms with Crippen LogP contribution in [-0.4, -0.2) is 30.6 Å². The Labute approximate surface area is 185 Å². The fraction of sp³-hybridized carbons (Fsp3) is 0.231. The third-order valence-corrected chi connectivity index (χ3v) is 5.25. The third kappa shape index (κ3) is 5.05. The molecule has 0 aromatic heterocycles. The lowest BCUT2D eigenvalue weighted by atomic mass is 9.90. The Morgan fingerprint density at radius 3 is 2.40 bits per heavy atom. The van der Waals surface area contributed by atoms with E-state index in [0.717, 1.165) is 42.9 Å². The number of phenolic OH excluding ortho intramolecular Hbond substituents is 1. The molecule has 156 valence electrons. The van der Waals surface area contributed by atoms with Crippen molar-refractivity contribution in [2.24, 2.45) is 0 Å². The highest BCUT2D eigenvalue weighted by Crippen LogP contribution is 2.38. The molecule has 0 bridgehead atoms. The van der Waals surface area contributed by atoms with Crippen LogP contribution >= 0.6 is 12.4 Å². The molecule has 4 heteroatoms. The number of aromatic hydroxyl groups is 1. The molecule has 1 aliphatic carbocycles. The smallest absolute Gasteiger partial charge is 0.127 e. The SMILES string of the molecule is CN(C)CC1=C(c2cccc(O)c2)c2ccc(Oc3ccccc3)cc2CCC1.Cl. The minimum Gasteiger partial charge on any atom is -0.508 e. The zero-order valence-electron chi connectivity index (χ0n) is 17.5. The van der Waals surface area contributed by atoms with Crippen molar-refractivity contribution < 1.29 is 9.84 Å². The van der Waals surface area contributed by atoms with Gasteiger partial charge in [-0.05, 0) is 97.6 Å². The summed E-state index contributed by atoms with van der Waals surface area (Å²) in [6, 6.07) is 23.9. The van der Waals surface area contributed by atoms with Gasteiger partial charge in [-0.1, -0.05) is 36.4 Å². The van der Waals surface area contributed by atoms with E-state index in [1.807, 2.05) is 48.5 Å². The second-order valence-electron chi connectivity index (χ2n) is 7.85. The van der Waals surface area contributed by atoms with Gasteiger partial charge in [0.2, 0.25) is 0 Å². The predicted molar refractivity (Wildman–Crippen MR) is 126 cm³/mol. The molecule has 30 heavy (non-hydrogen) atoms. The number of para-hydroxylation sites is 1. The summed E-state index contributed by atoms with van der Waals surface area (Å²) in [4.78, 5) is 2.22. The van der Waals surface area contributed by atoms with E-state index in [0.29, 0.717) is 5.75 Å². The molecule has 4 rings (SSSR count). The molecule has 0 atom stereocenters. The zero-order chi connectivity index (χ0) is 20.2. The minimum absolute atomic E-state index is 0. The molecule has 0 unspecified atom stereocenters. The molecule has 0 saturated heterocycles.